The van der Waals surface area contributed by atoms with E-state index < -0.39 is 10.0 Å². The van der Waals surface area contributed by atoms with Crippen molar-refractivity contribution in [2.24, 2.45) is 0 Å². The topological polar surface area (TPSA) is 79.4 Å². The normalized spacial score (nSPS) is 29.3. The Kier molecular flexibility index (Phi) is 3.71. The lowest BCUT2D eigenvalue weighted by Gasteiger charge is -2.37. The molecular formula is C14H19N3O3S. The molecule has 0 aromatic carbocycles. The maximum atomic E-state index is 12.1. The standard InChI is InChI=1S/C14H19N3O3S/c1-21(19,20)17-11-5-6-12(17)9-10(8-11)16-14(18)13-4-2-3-7-15-13/h2-4,7,10-12H,5-6,8-9H2,1H3,(H,16,18). The van der Waals surface area contributed by atoms with Gasteiger partial charge in [-0.05, 0) is 37.8 Å². The molecule has 2 fully saturated rings. The highest BCUT2D eigenvalue weighted by molar-refractivity contribution is 7.88. The molecule has 1 aromatic heterocycles. The molecule has 0 aliphatic carbocycles. The Balaban J connectivity index is 1.67. The molecule has 1 N–H and O–H groups in total. The smallest absolute Gasteiger partial charge is 0.270 e. The molecule has 0 radical (unpaired) electrons. The van der Waals surface area contributed by atoms with E-state index in [2.05, 4.69) is 10.3 Å². The highest BCUT2D eigenvalue weighted by Crippen LogP contribution is 2.37. The van der Waals surface area contributed by atoms with Crippen LogP contribution in [0.15, 0.2) is 24.4 Å². The number of rotatable bonds is 3. The Morgan fingerprint density at radius 1 is 1.29 bits per heavy atom. The number of amides is 1. The predicted molar refractivity (Wildman–Crippen MR) is 78.2 cm³/mol. The minimum absolute atomic E-state index is 0.0211. The molecule has 3 heterocycles. The molecule has 1 aromatic rings. The van der Waals surface area contributed by atoms with Gasteiger partial charge in [0.2, 0.25) is 10.0 Å². The van der Waals surface area contributed by atoms with Crippen molar-refractivity contribution in [3.05, 3.63) is 30.1 Å². The lowest BCUT2D eigenvalue weighted by atomic mass is 9.99. The molecule has 2 saturated heterocycles. The second kappa shape index (κ2) is 5.38. The molecule has 21 heavy (non-hydrogen) atoms. The quantitative estimate of drug-likeness (QED) is 0.894. The van der Waals surface area contributed by atoms with Crippen LogP contribution in [0.25, 0.3) is 0 Å². The lowest BCUT2D eigenvalue weighted by Crippen LogP contribution is -2.52. The summed E-state index contributed by atoms with van der Waals surface area (Å²) in [6.07, 6.45) is 5.99. The second-order valence-electron chi connectivity index (χ2n) is 5.83. The minimum Gasteiger partial charge on any atom is -0.348 e. The average molecular weight is 309 g/mol. The van der Waals surface area contributed by atoms with Crippen LogP contribution in [-0.4, -0.2) is 48.0 Å². The summed E-state index contributed by atoms with van der Waals surface area (Å²) in [6.45, 7) is 0. The van der Waals surface area contributed by atoms with Gasteiger partial charge in [-0.2, -0.15) is 4.31 Å². The highest BCUT2D eigenvalue weighted by atomic mass is 32.2. The molecule has 6 nitrogen and oxygen atoms in total. The molecule has 2 aliphatic rings. The molecule has 0 saturated carbocycles. The zero-order valence-corrected chi connectivity index (χ0v) is 12.7. The lowest BCUT2D eigenvalue weighted by molar-refractivity contribution is 0.0904. The summed E-state index contributed by atoms with van der Waals surface area (Å²) in [5, 5.41) is 2.99. The maximum absolute atomic E-state index is 12.1. The van der Waals surface area contributed by atoms with Crippen LogP contribution in [-0.2, 0) is 10.0 Å². The van der Waals surface area contributed by atoms with Crippen LogP contribution in [0.1, 0.15) is 36.2 Å². The maximum Gasteiger partial charge on any atom is 0.270 e. The first-order valence-corrected chi connectivity index (χ1v) is 9.00. The predicted octanol–water partition coefficient (Wildman–Crippen LogP) is 0.766. The van der Waals surface area contributed by atoms with Crippen LogP contribution < -0.4 is 5.32 Å². The van der Waals surface area contributed by atoms with Crippen molar-refractivity contribution in [2.45, 2.75) is 43.8 Å². The number of aromatic nitrogens is 1. The van der Waals surface area contributed by atoms with Gasteiger partial charge >= 0.3 is 0 Å². The summed E-state index contributed by atoms with van der Waals surface area (Å²) in [5.41, 5.74) is 0.399. The number of pyridine rings is 1. The summed E-state index contributed by atoms with van der Waals surface area (Å²) in [6, 6.07) is 5.28. The summed E-state index contributed by atoms with van der Waals surface area (Å²) in [4.78, 5) is 16.2. The number of sulfonamides is 1. The SMILES string of the molecule is CS(=O)(=O)N1C2CCC1CC(NC(=O)c1ccccn1)C2. The fourth-order valence-corrected chi connectivity index (χ4v) is 5.02. The van der Waals surface area contributed by atoms with Gasteiger partial charge in [0.05, 0.1) is 6.26 Å². The number of fused-ring (bicyclic) bond motifs is 2. The first-order chi connectivity index (χ1) is 9.95. The first kappa shape index (κ1) is 14.5. The number of nitrogens with zero attached hydrogens (tertiary/aromatic N) is 2. The molecule has 114 valence electrons. The minimum atomic E-state index is -3.16. The number of piperidine rings is 1. The van der Waals surface area contributed by atoms with Crippen molar-refractivity contribution < 1.29 is 13.2 Å². The Morgan fingerprint density at radius 3 is 2.48 bits per heavy atom. The third kappa shape index (κ3) is 2.94. The van der Waals surface area contributed by atoms with E-state index in [-0.39, 0.29) is 24.0 Å². The number of carbonyl (C=O) groups is 1. The highest BCUT2D eigenvalue weighted by Gasteiger charge is 2.45. The van der Waals surface area contributed by atoms with E-state index in [1.807, 2.05) is 0 Å². The van der Waals surface area contributed by atoms with Crippen molar-refractivity contribution in [3.8, 4) is 0 Å². The number of nitrogens with one attached hydrogen (secondary N) is 1. The van der Waals surface area contributed by atoms with Gasteiger partial charge < -0.3 is 5.32 Å². The van der Waals surface area contributed by atoms with Gasteiger partial charge in [0, 0.05) is 24.3 Å². The largest absolute Gasteiger partial charge is 0.348 e. The van der Waals surface area contributed by atoms with E-state index in [0.717, 1.165) is 12.8 Å². The van der Waals surface area contributed by atoms with E-state index in [1.165, 1.54) is 6.26 Å². The van der Waals surface area contributed by atoms with Gasteiger partial charge in [0.25, 0.3) is 5.91 Å². The van der Waals surface area contributed by atoms with E-state index in [4.69, 9.17) is 0 Å². The fraction of sp³-hybridized carbons (Fsp3) is 0.571. The van der Waals surface area contributed by atoms with E-state index in [0.29, 0.717) is 18.5 Å². The Bertz CT molecular complexity index is 618. The molecule has 2 unspecified atom stereocenters. The zero-order chi connectivity index (χ0) is 15.0. The van der Waals surface area contributed by atoms with Crippen molar-refractivity contribution in [2.75, 3.05) is 6.26 Å². The molecule has 1 amide bonds. The number of hydrogen-bond acceptors (Lipinski definition) is 4. The fourth-order valence-electron chi connectivity index (χ4n) is 3.55. The van der Waals surface area contributed by atoms with Crippen LogP contribution in [0, 0.1) is 0 Å². The van der Waals surface area contributed by atoms with E-state index in [9.17, 15) is 13.2 Å². The third-order valence-corrected chi connectivity index (χ3v) is 5.64. The van der Waals surface area contributed by atoms with Gasteiger partial charge in [0.15, 0.2) is 0 Å². The van der Waals surface area contributed by atoms with Gasteiger partial charge in [-0.15, -0.1) is 0 Å². The van der Waals surface area contributed by atoms with Crippen molar-refractivity contribution in [1.29, 1.82) is 0 Å². The summed E-state index contributed by atoms with van der Waals surface area (Å²) < 4.78 is 25.3. The summed E-state index contributed by atoms with van der Waals surface area (Å²) in [7, 11) is -3.16. The van der Waals surface area contributed by atoms with Crippen molar-refractivity contribution >= 4 is 15.9 Å². The monoisotopic (exact) mass is 309 g/mol. The van der Waals surface area contributed by atoms with Gasteiger partial charge in [-0.1, -0.05) is 6.07 Å². The Labute approximate surface area is 124 Å². The van der Waals surface area contributed by atoms with Crippen LogP contribution >= 0.6 is 0 Å². The zero-order valence-electron chi connectivity index (χ0n) is 11.9. The van der Waals surface area contributed by atoms with E-state index >= 15 is 0 Å². The number of hydrogen-bond donors (Lipinski definition) is 1. The van der Waals surface area contributed by atoms with Crippen LogP contribution in [0.5, 0.6) is 0 Å². The Hall–Kier alpha value is -1.47. The Morgan fingerprint density at radius 2 is 1.95 bits per heavy atom. The van der Waals surface area contributed by atoms with Gasteiger partial charge in [-0.25, -0.2) is 8.42 Å². The molecule has 0 spiro atoms. The number of carbonyl (C=O) groups excluding carboxylic acids is 1. The van der Waals surface area contributed by atoms with Crippen LogP contribution in [0.3, 0.4) is 0 Å². The molecule has 2 aliphatic heterocycles. The van der Waals surface area contributed by atoms with Gasteiger partial charge in [0.1, 0.15) is 5.69 Å². The van der Waals surface area contributed by atoms with Gasteiger partial charge in [-0.3, -0.25) is 9.78 Å². The molecule has 2 bridgehead atoms. The summed E-state index contributed by atoms with van der Waals surface area (Å²) in [5.74, 6) is -0.187. The van der Waals surface area contributed by atoms with Crippen molar-refractivity contribution in [1.82, 2.24) is 14.6 Å². The van der Waals surface area contributed by atoms with Crippen LogP contribution in [0.4, 0.5) is 0 Å². The first-order valence-electron chi connectivity index (χ1n) is 7.15. The molecule has 3 rings (SSSR count). The third-order valence-electron chi connectivity index (χ3n) is 4.28. The average Bonchev–Trinajstić information content (AvgIpc) is 2.72. The second-order valence-corrected chi connectivity index (χ2v) is 7.72. The molecule has 7 heteroatoms. The van der Waals surface area contributed by atoms with Crippen molar-refractivity contribution in [3.63, 3.8) is 0 Å². The molecular weight excluding hydrogens is 290 g/mol. The van der Waals surface area contributed by atoms with E-state index in [1.54, 1.807) is 28.7 Å². The molecule has 2 atom stereocenters. The van der Waals surface area contributed by atoms with Crippen LogP contribution in [0.2, 0.25) is 0 Å². The summed E-state index contributed by atoms with van der Waals surface area (Å²) >= 11 is 0.